The van der Waals surface area contributed by atoms with E-state index in [0.717, 1.165) is 18.5 Å². The first kappa shape index (κ1) is 13.7. The average molecular weight is 258 g/mol. The SMILES string of the molecule is CCNC(Cc1ccncc1)c1ccc(C)c(F)c1. The topological polar surface area (TPSA) is 24.9 Å². The van der Waals surface area contributed by atoms with Crippen molar-refractivity contribution in [2.45, 2.75) is 26.3 Å². The van der Waals surface area contributed by atoms with E-state index in [1.165, 1.54) is 5.56 Å². The Balaban J connectivity index is 2.21. The van der Waals surface area contributed by atoms with Crippen molar-refractivity contribution in [3.8, 4) is 0 Å². The molecule has 0 radical (unpaired) electrons. The second-order valence-corrected chi connectivity index (χ2v) is 4.68. The summed E-state index contributed by atoms with van der Waals surface area (Å²) < 4.78 is 13.7. The normalized spacial score (nSPS) is 12.4. The summed E-state index contributed by atoms with van der Waals surface area (Å²) in [5, 5.41) is 3.41. The first-order chi connectivity index (χ1) is 9.20. The number of rotatable bonds is 5. The molecule has 19 heavy (non-hydrogen) atoms. The molecule has 1 unspecified atom stereocenters. The van der Waals surface area contributed by atoms with Crippen LogP contribution in [0.4, 0.5) is 4.39 Å². The molecule has 1 heterocycles. The number of aryl methyl sites for hydroxylation is 1. The van der Waals surface area contributed by atoms with Crippen molar-refractivity contribution >= 4 is 0 Å². The van der Waals surface area contributed by atoms with Gasteiger partial charge in [0, 0.05) is 18.4 Å². The van der Waals surface area contributed by atoms with Crippen LogP contribution in [-0.2, 0) is 6.42 Å². The van der Waals surface area contributed by atoms with Gasteiger partial charge in [-0.3, -0.25) is 4.98 Å². The van der Waals surface area contributed by atoms with Gasteiger partial charge in [-0.05, 0) is 54.8 Å². The summed E-state index contributed by atoms with van der Waals surface area (Å²) >= 11 is 0. The minimum absolute atomic E-state index is 0.127. The molecule has 100 valence electrons. The van der Waals surface area contributed by atoms with Gasteiger partial charge in [0.2, 0.25) is 0 Å². The predicted molar refractivity (Wildman–Crippen MR) is 75.5 cm³/mol. The third-order valence-electron chi connectivity index (χ3n) is 3.24. The highest BCUT2D eigenvalue weighted by molar-refractivity contribution is 5.27. The Hall–Kier alpha value is -1.74. The van der Waals surface area contributed by atoms with Gasteiger partial charge in [-0.15, -0.1) is 0 Å². The molecule has 1 N–H and O–H groups in total. The molecule has 1 aromatic heterocycles. The van der Waals surface area contributed by atoms with Crippen molar-refractivity contribution in [1.82, 2.24) is 10.3 Å². The predicted octanol–water partition coefficient (Wildman–Crippen LogP) is 3.42. The quantitative estimate of drug-likeness (QED) is 0.888. The molecule has 2 aromatic rings. The fraction of sp³-hybridized carbons (Fsp3) is 0.312. The van der Waals surface area contributed by atoms with E-state index < -0.39 is 0 Å². The maximum atomic E-state index is 13.7. The van der Waals surface area contributed by atoms with E-state index >= 15 is 0 Å². The van der Waals surface area contributed by atoms with Crippen molar-refractivity contribution in [3.05, 3.63) is 65.2 Å². The Labute approximate surface area is 113 Å². The molecule has 3 heteroatoms. The monoisotopic (exact) mass is 258 g/mol. The fourth-order valence-electron chi connectivity index (χ4n) is 2.13. The van der Waals surface area contributed by atoms with Gasteiger partial charge in [0.05, 0.1) is 0 Å². The number of hydrogen-bond donors (Lipinski definition) is 1. The lowest BCUT2D eigenvalue weighted by Gasteiger charge is -2.19. The molecule has 0 bridgehead atoms. The van der Waals surface area contributed by atoms with Gasteiger partial charge in [0.15, 0.2) is 0 Å². The molecular weight excluding hydrogens is 239 g/mol. The maximum absolute atomic E-state index is 13.7. The molecule has 0 fully saturated rings. The molecule has 0 saturated carbocycles. The largest absolute Gasteiger partial charge is 0.310 e. The number of aromatic nitrogens is 1. The third kappa shape index (κ3) is 3.61. The molecule has 0 aliphatic carbocycles. The van der Waals surface area contributed by atoms with E-state index in [2.05, 4.69) is 17.2 Å². The number of nitrogens with one attached hydrogen (secondary N) is 1. The average Bonchev–Trinajstić information content (AvgIpc) is 2.43. The standard InChI is InChI=1S/C16H19FN2/c1-3-19-16(10-13-6-8-18-9-7-13)14-5-4-12(2)15(17)11-14/h4-9,11,16,19H,3,10H2,1-2H3. The summed E-state index contributed by atoms with van der Waals surface area (Å²) in [6.07, 6.45) is 4.40. The van der Waals surface area contributed by atoms with Crippen LogP contribution in [0, 0.1) is 12.7 Å². The first-order valence-electron chi connectivity index (χ1n) is 6.59. The van der Waals surface area contributed by atoms with Crippen molar-refractivity contribution < 1.29 is 4.39 Å². The third-order valence-corrected chi connectivity index (χ3v) is 3.24. The van der Waals surface area contributed by atoms with Gasteiger partial charge in [-0.25, -0.2) is 4.39 Å². The minimum atomic E-state index is -0.143. The summed E-state index contributed by atoms with van der Waals surface area (Å²) in [6, 6.07) is 9.57. The number of benzene rings is 1. The number of halogens is 1. The van der Waals surface area contributed by atoms with Crippen LogP contribution in [0.25, 0.3) is 0 Å². The highest BCUT2D eigenvalue weighted by Gasteiger charge is 2.12. The minimum Gasteiger partial charge on any atom is -0.310 e. The van der Waals surface area contributed by atoms with Gasteiger partial charge in [-0.2, -0.15) is 0 Å². The summed E-state index contributed by atoms with van der Waals surface area (Å²) in [6.45, 7) is 4.69. The van der Waals surface area contributed by atoms with Gasteiger partial charge < -0.3 is 5.32 Å². The zero-order valence-corrected chi connectivity index (χ0v) is 11.4. The fourth-order valence-corrected chi connectivity index (χ4v) is 2.13. The van der Waals surface area contributed by atoms with E-state index in [1.807, 2.05) is 24.3 Å². The zero-order valence-electron chi connectivity index (χ0n) is 11.4. The second kappa shape index (κ2) is 6.43. The van der Waals surface area contributed by atoms with Gasteiger partial charge >= 0.3 is 0 Å². The van der Waals surface area contributed by atoms with Crippen LogP contribution in [0.2, 0.25) is 0 Å². The molecular formula is C16H19FN2. The Morgan fingerprint density at radius 2 is 1.95 bits per heavy atom. The van der Waals surface area contributed by atoms with E-state index in [0.29, 0.717) is 5.56 Å². The summed E-state index contributed by atoms with van der Waals surface area (Å²) in [4.78, 5) is 4.02. The maximum Gasteiger partial charge on any atom is 0.126 e. The molecule has 0 aliphatic rings. The van der Waals surface area contributed by atoms with Crippen LogP contribution in [-0.4, -0.2) is 11.5 Å². The second-order valence-electron chi connectivity index (χ2n) is 4.68. The van der Waals surface area contributed by atoms with Crippen molar-refractivity contribution in [1.29, 1.82) is 0 Å². The number of likely N-dealkylation sites (N-methyl/N-ethyl adjacent to an activating group) is 1. The summed E-state index contributed by atoms with van der Waals surface area (Å²) in [5.74, 6) is -0.143. The van der Waals surface area contributed by atoms with E-state index in [-0.39, 0.29) is 11.9 Å². The number of pyridine rings is 1. The molecule has 2 nitrogen and oxygen atoms in total. The molecule has 2 rings (SSSR count). The Kier molecular flexibility index (Phi) is 4.63. The Bertz CT molecular complexity index is 526. The summed E-state index contributed by atoms with van der Waals surface area (Å²) in [5.41, 5.74) is 2.87. The van der Waals surface area contributed by atoms with Crippen LogP contribution >= 0.6 is 0 Å². The molecule has 0 spiro atoms. The zero-order chi connectivity index (χ0) is 13.7. The Morgan fingerprint density at radius 1 is 1.21 bits per heavy atom. The molecule has 0 saturated heterocycles. The number of nitrogens with zero attached hydrogens (tertiary/aromatic N) is 1. The highest BCUT2D eigenvalue weighted by Crippen LogP contribution is 2.20. The summed E-state index contributed by atoms with van der Waals surface area (Å²) in [7, 11) is 0. The molecule has 1 aromatic carbocycles. The Morgan fingerprint density at radius 3 is 2.58 bits per heavy atom. The smallest absolute Gasteiger partial charge is 0.126 e. The van der Waals surface area contributed by atoms with Gasteiger partial charge in [0.25, 0.3) is 0 Å². The van der Waals surface area contributed by atoms with E-state index in [9.17, 15) is 4.39 Å². The van der Waals surface area contributed by atoms with Gasteiger partial charge in [0.1, 0.15) is 5.82 Å². The van der Waals surface area contributed by atoms with Crippen molar-refractivity contribution in [2.24, 2.45) is 0 Å². The lowest BCUT2D eigenvalue weighted by atomic mass is 9.98. The lowest BCUT2D eigenvalue weighted by molar-refractivity contribution is 0.541. The molecule has 0 aliphatic heterocycles. The van der Waals surface area contributed by atoms with Gasteiger partial charge in [-0.1, -0.05) is 19.1 Å². The van der Waals surface area contributed by atoms with Crippen LogP contribution in [0.5, 0.6) is 0 Å². The van der Waals surface area contributed by atoms with Crippen LogP contribution < -0.4 is 5.32 Å². The van der Waals surface area contributed by atoms with E-state index in [4.69, 9.17) is 0 Å². The first-order valence-corrected chi connectivity index (χ1v) is 6.59. The lowest BCUT2D eigenvalue weighted by Crippen LogP contribution is -2.23. The van der Waals surface area contributed by atoms with E-state index in [1.54, 1.807) is 25.4 Å². The highest BCUT2D eigenvalue weighted by atomic mass is 19.1. The molecule has 1 atom stereocenters. The van der Waals surface area contributed by atoms with Crippen molar-refractivity contribution in [2.75, 3.05) is 6.54 Å². The van der Waals surface area contributed by atoms with Crippen molar-refractivity contribution in [3.63, 3.8) is 0 Å². The number of hydrogen-bond acceptors (Lipinski definition) is 2. The van der Waals surface area contributed by atoms with Crippen LogP contribution in [0.1, 0.15) is 29.7 Å². The molecule has 0 amide bonds. The van der Waals surface area contributed by atoms with Crippen LogP contribution in [0.15, 0.2) is 42.7 Å². The van der Waals surface area contributed by atoms with Crippen LogP contribution in [0.3, 0.4) is 0 Å².